The zero-order chi connectivity index (χ0) is 17.6. The summed E-state index contributed by atoms with van der Waals surface area (Å²) < 4.78 is 15.3. The Hall–Kier alpha value is -2.93. The van der Waals surface area contributed by atoms with Crippen molar-refractivity contribution in [3.63, 3.8) is 0 Å². The highest BCUT2D eigenvalue weighted by Crippen LogP contribution is 2.42. The first-order valence-electron chi connectivity index (χ1n) is 7.61. The molecular weight excluding hydrogens is 343 g/mol. The first-order chi connectivity index (χ1) is 12.0. The smallest absolute Gasteiger partial charge is 0.339 e. The summed E-state index contributed by atoms with van der Waals surface area (Å²) in [5.74, 6) is -2.07. The Kier molecular flexibility index (Phi) is 3.65. The number of thiophene rings is 1. The Bertz CT molecular complexity index is 978. The number of fused-ring (bicyclic) bond motifs is 1. The number of hydrogen-bond acceptors (Lipinski definition) is 3. The van der Waals surface area contributed by atoms with E-state index in [9.17, 15) is 19.1 Å². The van der Waals surface area contributed by atoms with Gasteiger partial charge in [-0.25, -0.2) is 9.18 Å². The van der Waals surface area contributed by atoms with E-state index in [-0.39, 0.29) is 29.5 Å². The largest absolute Gasteiger partial charge is 0.478 e. The lowest BCUT2D eigenvalue weighted by atomic mass is 9.90. The standard InChI is InChI=1S/C18H13FN2O3S/c19-11-2-1-3-12(6-11)21-8-14(18(23)24)16-17(21)13(7-15(22)20-16)10-4-5-25-9-10/h1-6,8-9,13H,7H2,(H,20,22)(H,23,24). The highest BCUT2D eigenvalue weighted by atomic mass is 32.1. The van der Waals surface area contributed by atoms with Crippen molar-refractivity contribution in [3.05, 3.63) is 69.9 Å². The molecule has 0 bridgehead atoms. The number of nitrogens with zero attached hydrogens (tertiary/aromatic N) is 1. The highest BCUT2D eigenvalue weighted by Gasteiger charge is 2.34. The molecule has 0 saturated carbocycles. The predicted molar refractivity (Wildman–Crippen MR) is 92.1 cm³/mol. The summed E-state index contributed by atoms with van der Waals surface area (Å²) in [6, 6.07) is 7.86. The quantitative estimate of drug-likeness (QED) is 0.749. The van der Waals surface area contributed by atoms with Gasteiger partial charge in [0.2, 0.25) is 5.91 Å². The second-order valence-electron chi connectivity index (χ2n) is 5.82. The Labute approximate surface area is 146 Å². The average Bonchev–Trinajstić information content (AvgIpc) is 3.22. The van der Waals surface area contributed by atoms with Gasteiger partial charge in [-0.2, -0.15) is 11.3 Å². The lowest BCUT2D eigenvalue weighted by Gasteiger charge is -2.25. The number of anilines is 1. The molecule has 1 aliphatic rings. The number of amides is 1. The summed E-state index contributed by atoms with van der Waals surface area (Å²) in [5, 5.41) is 16.1. The Morgan fingerprint density at radius 3 is 2.88 bits per heavy atom. The van der Waals surface area contributed by atoms with Gasteiger partial charge >= 0.3 is 5.97 Å². The van der Waals surface area contributed by atoms with Crippen LogP contribution in [-0.2, 0) is 4.79 Å². The monoisotopic (exact) mass is 356 g/mol. The number of rotatable bonds is 3. The third-order valence-corrected chi connectivity index (χ3v) is 4.99. The van der Waals surface area contributed by atoms with Crippen LogP contribution in [0, 0.1) is 5.82 Å². The molecule has 25 heavy (non-hydrogen) atoms. The lowest BCUT2D eigenvalue weighted by Crippen LogP contribution is -2.25. The van der Waals surface area contributed by atoms with Gasteiger partial charge in [-0.3, -0.25) is 4.79 Å². The SMILES string of the molecule is O=C1CC(c2ccsc2)c2c(c(C(=O)O)cn2-c2cccc(F)c2)N1. The van der Waals surface area contributed by atoms with E-state index in [0.717, 1.165) is 5.56 Å². The molecule has 0 fully saturated rings. The molecule has 1 aromatic carbocycles. The molecule has 0 spiro atoms. The lowest BCUT2D eigenvalue weighted by molar-refractivity contribution is -0.116. The molecule has 1 atom stereocenters. The van der Waals surface area contributed by atoms with Crippen LogP contribution in [0.5, 0.6) is 0 Å². The summed E-state index contributed by atoms with van der Waals surface area (Å²) in [6.07, 6.45) is 1.65. The van der Waals surface area contributed by atoms with Gasteiger partial charge in [-0.05, 0) is 40.6 Å². The molecule has 0 saturated heterocycles. The number of hydrogen-bond donors (Lipinski definition) is 2. The van der Waals surface area contributed by atoms with Gasteiger partial charge in [0.15, 0.2) is 0 Å². The summed E-state index contributed by atoms with van der Waals surface area (Å²) >= 11 is 1.51. The van der Waals surface area contributed by atoms with Crippen LogP contribution in [0.2, 0.25) is 0 Å². The van der Waals surface area contributed by atoms with E-state index in [2.05, 4.69) is 5.32 Å². The highest BCUT2D eigenvalue weighted by molar-refractivity contribution is 7.08. The summed E-state index contributed by atoms with van der Waals surface area (Å²) in [5.41, 5.74) is 2.38. The minimum absolute atomic E-state index is 0.00691. The number of halogens is 1. The van der Waals surface area contributed by atoms with Gasteiger partial charge < -0.3 is 15.0 Å². The fourth-order valence-electron chi connectivity index (χ4n) is 3.22. The van der Waals surface area contributed by atoms with Crippen LogP contribution in [0.25, 0.3) is 5.69 Å². The Morgan fingerprint density at radius 1 is 1.36 bits per heavy atom. The molecule has 0 radical (unpaired) electrons. The van der Waals surface area contributed by atoms with Crippen molar-refractivity contribution < 1.29 is 19.1 Å². The number of aromatic carboxylic acids is 1. The van der Waals surface area contributed by atoms with E-state index >= 15 is 0 Å². The molecule has 0 aliphatic carbocycles. The number of carbonyl (C=O) groups excluding carboxylic acids is 1. The van der Waals surface area contributed by atoms with Gasteiger partial charge in [-0.15, -0.1) is 0 Å². The van der Waals surface area contributed by atoms with Crippen LogP contribution in [0.4, 0.5) is 10.1 Å². The van der Waals surface area contributed by atoms with Crippen molar-refractivity contribution in [2.75, 3.05) is 5.32 Å². The van der Waals surface area contributed by atoms with Crippen molar-refractivity contribution in [2.45, 2.75) is 12.3 Å². The van der Waals surface area contributed by atoms with E-state index in [1.165, 1.54) is 29.7 Å². The first kappa shape index (κ1) is 15.6. The molecule has 3 heterocycles. The zero-order valence-electron chi connectivity index (χ0n) is 12.9. The molecular formula is C18H13FN2O3S. The Balaban J connectivity index is 1.99. The zero-order valence-corrected chi connectivity index (χ0v) is 13.7. The van der Waals surface area contributed by atoms with E-state index in [1.54, 1.807) is 16.7 Å². The van der Waals surface area contributed by atoms with Gasteiger partial charge in [-0.1, -0.05) is 6.07 Å². The molecule has 1 amide bonds. The van der Waals surface area contributed by atoms with Crippen molar-refractivity contribution >= 4 is 28.9 Å². The maximum absolute atomic E-state index is 13.7. The number of benzene rings is 1. The molecule has 2 N–H and O–H groups in total. The van der Waals surface area contributed by atoms with E-state index < -0.39 is 11.8 Å². The van der Waals surface area contributed by atoms with Crippen molar-refractivity contribution in [1.82, 2.24) is 4.57 Å². The van der Waals surface area contributed by atoms with Crippen LogP contribution in [-0.4, -0.2) is 21.6 Å². The maximum atomic E-state index is 13.7. The van der Waals surface area contributed by atoms with Gasteiger partial charge in [0.1, 0.15) is 11.4 Å². The van der Waals surface area contributed by atoms with Crippen LogP contribution in [0.1, 0.15) is 34.0 Å². The van der Waals surface area contributed by atoms with Crippen molar-refractivity contribution in [2.24, 2.45) is 0 Å². The molecule has 126 valence electrons. The van der Waals surface area contributed by atoms with Crippen LogP contribution in [0.15, 0.2) is 47.3 Å². The summed E-state index contributed by atoms with van der Waals surface area (Å²) in [4.78, 5) is 23.8. The van der Waals surface area contributed by atoms with Gasteiger partial charge in [0.05, 0.1) is 11.4 Å². The van der Waals surface area contributed by atoms with Crippen molar-refractivity contribution in [1.29, 1.82) is 0 Å². The number of carbonyl (C=O) groups is 2. The second kappa shape index (κ2) is 5.86. The summed E-state index contributed by atoms with van der Waals surface area (Å²) in [6.45, 7) is 0. The van der Waals surface area contributed by atoms with E-state index in [0.29, 0.717) is 11.4 Å². The van der Waals surface area contributed by atoms with Crippen molar-refractivity contribution in [3.8, 4) is 5.69 Å². The average molecular weight is 356 g/mol. The Morgan fingerprint density at radius 2 is 2.20 bits per heavy atom. The maximum Gasteiger partial charge on any atom is 0.339 e. The number of nitrogens with one attached hydrogen (secondary N) is 1. The first-order valence-corrected chi connectivity index (χ1v) is 8.55. The molecule has 2 aromatic heterocycles. The molecule has 7 heteroatoms. The molecule has 3 aromatic rings. The van der Waals surface area contributed by atoms with E-state index in [4.69, 9.17) is 0 Å². The minimum Gasteiger partial charge on any atom is -0.478 e. The molecule has 5 nitrogen and oxygen atoms in total. The number of carboxylic acids is 1. The molecule has 4 rings (SSSR count). The normalized spacial score (nSPS) is 16.4. The van der Waals surface area contributed by atoms with Crippen LogP contribution < -0.4 is 5.32 Å². The minimum atomic E-state index is -1.14. The fourth-order valence-corrected chi connectivity index (χ4v) is 3.93. The van der Waals surface area contributed by atoms with Crippen LogP contribution in [0.3, 0.4) is 0 Å². The van der Waals surface area contributed by atoms with Gasteiger partial charge in [0, 0.05) is 24.2 Å². The third kappa shape index (κ3) is 2.62. The van der Waals surface area contributed by atoms with Crippen LogP contribution >= 0.6 is 11.3 Å². The summed E-state index contributed by atoms with van der Waals surface area (Å²) in [7, 11) is 0. The van der Waals surface area contributed by atoms with E-state index in [1.807, 2.05) is 16.8 Å². The molecule has 1 aliphatic heterocycles. The number of aromatic nitrogens is 1. The third-order valence-electron chi connectivity index (χ3n) is 4.29. The number of carboxylic acid groups (broad SMARTS) is 1. The fraction of sp³-hybridized carbons (Fsp3) is 0.111. The topological polar surface area (TPSA) is 71.3 Å². The predicted octanol–water partition coefficient (Wildman–Crippen LogP) is 3.85. The second-order valence-corrected chi connectivity index (χ2v) is 6.60. The molecule has 1 unspecified atom stereocenters. The van der Waals surface area contributed by atoms with Gasteiger partial charge in [0.25, 0.3) is 0 Å².